The minimum atomic E-state index is -3.21. The average molecular weight is 291 g/mol. The molecule has 114 valence electrons. The second-order valence-electron chi connectivity index (χ2n) is 7.48. The van der Waals surface area contributed by atoms with Crippen LogP contribution >= 0.6 is 0 Å². The molecule has 0 radical (unpaired) electrons. The smallest absolute Gasteiger partial charge is 0.211 e. The van der Waals surface area contributed by atoms with Crippen LogP contribution in [0.3, 0.4) is 0 Å². The van der Waals surface area contributed by atoms with E-state index in [4.69, 9.17) is 5.11 Å². The standard InChI is InChI=1S/C14H29NO3S/c1-13(2)9-12(10-14(3,4)11-13)15-19(17,18)8-6-5-7-16/h12,15-16H,5-11H2,1-4H3. The first-order valence-electron chi connectivity index (χ1n) is 7.16. The normalized spacial score (nSPS) is 23.4. The minimum Gasteiger partial charge on any atom is -0.396 e. The van der Waals surface area contributed by atoms with Gasteiger partial charge >= 0.3 is 0 Å². The summed E-state index contributed by atoms with van der Waals surface area (Å²) in [6, 6.07) is 0.0397. The van der Waals surface area contributed by atoms with Crippen molar-refractivity contribution in [3.05, 3.63) is 0 Å². The molecule has 19 heavy (non-hydrogen) atoms. The first-order valence-corrected chi connectivity index (χ1v) is 8.81. The molecule has 2 N–H and O–H groups in total. The summed E-state index contributed by atoms with van der Waals surface area (Å²) < 4.78 is 26.9. The van der Waals surface area contributed by atoms with Crippen molar-refractivity contribution in [3.63, 3.8) is 0 Å². The van der Waals surface area contributed by atoms with Crippen molar-refractivity contribution in [3.8, 4) is 0 Å². The van der Waals surface area contributed by atoms with E-state index in [0.29, 0.717) is 12.8 Å². The van der Waals surface area contributed by atoms with Gasteiger partial charge in [-0.25, -0.2) is 13.1 Å². The molecule has 1 aliphatic carbocycles. The number of nitrogens with one attached hydrogen (secondary N) is 1. The maximum absolute atomic E-state index is 12.0. The third-order valence-electron chi connectivity index (χ3n) is 3.72. The van der Waals surface area contributed by atoms with Gasteiger partial charge in [0.05, 0.1) is 5.75 Å². The van der Waals surface area contributed by atoms with Gasteiger partial charge in [0.1, 0.15) is 0 Å². The summed E-state index contributed by atoms with van der Waals surface area (Å²) in [7, 11) is -3.21. The molecule has 0 saturated heterocycles. The molecule has 1 fully saturated rings. The molecule has 0 unspecified atom stereocenters. The average Bonchev–Trinajstić information content (AvgIpc) is 2.10. The Morgan fingerprint density at radius 2 is 1.63 bits per heavy atom. The molecule has 4 nitrogen and oxygen atoms in total. The van der Waals surface area contributed by atoms with Crippen LogP contribution in [-0.2, 0) is 10.0 Å². The zero-order valence-electron chi connectivity index (χ0n) is 12.7. The van der Waals surface area contributed by atoms with Gasteiger partial charge in [-0.2, -0.15) is 0 Å². The van der Waals surface area contributed by atoms with Crippen molar-refractivity contribution >= 4 is 10.0 Å². The quantitative estimate of drug-likeness (QED) is 0.738. The number of aliphatic hydroxyl groups excluding tert-OH is 1. The number of unbranched alkanes of at least 4 members (excludes halogenated alkanes) is 1. The third-order valence-corrected chi connectivity index (χ3v) is 5.24. The molecule has 0 aromatic rings. The third kappa shape index (κ3) is 6.23. The summed E-state index contributed by atoms with van der Waals surface area (Å²) in [6.07, 6.45) is 3.99. The van der Waals surface area contributed by atoms with Gasteiger partial charge in [0.15, 0.2) is 0 Å². The number of sulfonamides is 1. The topological polar surface area (TPSA) is 66.4 Å². The second kappa shape index (κ2) is 6.10. The van der Waals surface area contributed by atoms with Gasteiger partial charge in [-0.1, -0.05) is 27.7 Å². The van der Waals surface area contributed by atoms with Crippen LogP contribution in [0.15, 0.2) is 0 Å². The summed E-state index contributed by atoms with van der Waals surface area (Å²) >= 11 is 0. The summed E-state index contributed by atoms with van der Waals surface area (Å²) in [4.78, 5) is 0. The maximum atomic E-state index is 12.0. The van der Waals surface area contributed by atoms with Crippen LogP contribution in [0.4, 0.5) is 0 Å². The Morgan fingerprint density at radius 3 is 2.11 bits per heavy atom. The lowest BCUT2D eigenvalue weighted by atomic mass is 9.64. The van der Waals surface area contributed by atoms with Crippen LogP contribution in [-0.4, -0.2) is 31.9 Å². The molecular weight excluding hydrogens is 262 g/mol. The molecule has 1 rings (SSSR count). The van der Waals surface area contributed by atoms with Gasteiger partial charge in [0.2, 0.25) is 10.0 Å². The van der Waals surface area contributed by atoms with Gasteiger partial charge in [0.25, 0.3) is 0 Å². The van der Waals surface area contributed by atoms with E-state index >= 15 is 0 Å². The monoisotopic (exact) mass is 291 g/mol. The van der Waals surface area contributed by atoms with Crippen LogP contribution in [0.1, 0.15) is 59.8 Å². The molecule has 1 aliphatic rings. The fourth-order valence-electron chi connectivity index (χ4n) is 3.65. The van der Waals surface area contributed by atoms with E-state index < -0.39 is 10.0 Å². The Bertz CT molecular complexity index is 371. The highest BCUT2D eigenvalue weighted by atomic mass is 32.2. The van der Waals surface area contributed by atoms with Crippen molar-refractivity contribution in [2.24, 2.45) is 10.8 Å². The largest absolute Gasteiger partial charge is 0.396 e. The Morgan fingerprint density at radius 1 is 1.11 bits per heavy atom. The fourth-order valence-corrected chi connectivity index (χ4v) is 5.02. The van der Waals surface area contributed by atoms with E-state index in [2.05, 4.69) is 32.4 Å². The summed E-state index contributed by atoms with van der Waals surface area (Å²) in [5.41, 5.74) is 0.361. The lowest BCUT2D eigenvalue weighted by Crippen LogP contribution is -2.46. The Kier molecular flexibility index (Phi) is 5.43. The first-order chi connectivity index (χ1) is 8.55. The lowest BCUT2D eigenvalue weighted by Gasteiger charge is -2.45. The fraction of sp³-hybridized carbons (Fsp3) is 1.00. The summed E-state index contributed by atoms with van der Waals surface area (Å²) in [5, 5.41) is 8.71. The van der Waals surface area contributed by atoms with E-state index in [9.17, 15) is 8.42 Å². The van der Waals surface area contributed by atoms with Crippen molar-refractivity contribution in [2.75, 3.05) is 12.4 Å². The molecule has 0 amide bonds. The predicted molar refractivity (Wildman–Crippen MR) is 78.4 cm³/mol. The molecule has 5 heteroatoms. The zero-order valence-corrected chi connectivity index (χ0v) is 13.5. The van der Waals surface area contributed by atoms with Crippen LogP contribution in [0.2, 0.25) is 0 Å². The van der Waals surface area contributed by atoms with Gasteiger partial charge in [-0.05, 0) is 42.9 Å². The van der Waals surface area contributed by atoms with Crippen molar-refractivity contribution in [1.29, 1.82) is 0 Å². The molecule has 0 aliphatic heterocycles. The molecule has 0 heterocycles. The highest BCUT2D eigenvalue weighted by Crippen LogP contribution is 2.45. The Balaban J connectivity index is 2.60. The SMILES string of the molecule is CC1(C)CC(NS(=O)(=O)CCCCO)CC(C)(C)C1. The van der Waals surface area contributed by atoms with Gasteiger partial charge in [0, 0.05) is 12.6 Å². The molecule has 0 aromatic carbocycles. The number of hydrogen-bond acceptors (Lipinski definition) is 3. The highest BCUT2D eigenvalue weighted by Gasteiger charge is 2.39. The highest BCUT2D eigenvalue weighted by molar-refractivity contribution is 7.89. The van der Waals surface area contributed by atoms with Crippen molar-refractivity contribution in [1.82, 2.24) is 4.72 Å². The van der Waals surface area contributed by atoms with Crippen molar-refractivity contribution < 1.29 is 13.5 Å². The van der Waals surface area contributed by atoms with Crippen LogP contribution in [0.5, 0.6) is 0 Å². The van der Waals surface area contributed by atoms with Crippen LogP contribution in [0, 0.1) is 10.8 Å². The van der Waals surface area contributed by atoms with Gasteiger partial charge in [-0.3, -0.25) is 0 Å². The molecule has 1 saturated carbocycles. The number of aliphatic hydroxyl groups is 1. The maximum Gasteiger partial charge on any atom is 0.211 e. The molecule has 0 spiro atoms. The molecule has 0 atom stereocenters. The lowest BCUT2D eigenvalue weighted by molar-refractivity contribution is 0.0934. The molecule has 0 aromatic heterocycles. The predicted octanol–water partition coefficient (Wildman–Crippen LogP) is 2.28. The zero-order chi connectivity index (χ0) is 14.7. The first kappa shape index (κ1) is 16.9. The minimum absolute atomic E-state index is 0.0397. The second-order valence-corrected chi connectivity index (χ2v) is 9.35. The van der Waals surface area contributed by atoms with E-state index in [0.717, 1.165) is 19.3 Å². The van der Waals surface area contributed by atoms with E-state index in [1.165, 1.54) is 0 Å². The Labute approximate surface area is 118 Å². The summed E-state index contributed by atoms with van der Waals surface area (Å²) in [6.45, 7) is 8.89. The van der Waals surface area contributed by atoms with Crippen LogP contribution in [0.25, 0.3) is 0 Å². The van der Waals surface area contributed by atoms with E-state index in [-0.39, 0.29) is 29.2 Å². The summed E-state index contributed by atoms with van der Waals surface area (Å²) in [5.74, 6) is 0.116. The van der Waals surface area contributed by atoms with E-state index in [1.807, 2.05) is 0 Å². The van der Waals surface area contributed by atoms with Crippen molar-refractivity contribution in [2.45, 2.75) is 65.8 Å². The molecule has 0 bridgehead atoms. The van der Waals surface area contributed by atoms with E-state index in [1.54, 1.807) is 0 Å². The Hall–Kier alpha value is -0.130. The van der Waals surface area contributed by atoms with Gasteiger partial charge in [-0.15, -0.1) is 0 Å². The van der Waals surface area contributed by atoms with Gasteiger partial charge < -0.3 is 5.11 Å². The van der Waals surface area contributed by atoms with Crippen LogP contribution < -0.4 is 4.72 Å². The number of hydrogen-bond donors (Lipinski definition) is 2. The molecular formula is C14H29NO3S. The number of rotatable bonds is 6.